The fourth-order valence-electron chi connectivity index (χ4n) is 2.83. The Bertz CT molecular complexity index is 1020. The van der Waals surface area contributed by atoms with Gasteiger partial charge in [-0.15, -0.1) is 0 Å². The molecule has 0 aliphatic rings. The van der Waals surface area contributed by atoms with E-state index < -0.39 is 23.3 Å². The summed E-state index contributed by atoms with van der Waals surface area (Å²) < 4.78 is 54.8. The third kappa shape index (κ3) is 4.61. The van der Waals surface area contributed by atoms with Gasteiger partial charge in [0.05, 0.1) is 5.56 Å². The molecule has 0 aliphatic carbocycles. The molecule has 0 saturated heterocycles. The van der Waals surface area contributed by atoms with Crippen LogP contribution in [0, 0.1) is 35.1 Å². The fourth-order valence-corrected chi connectivity index (χ4v) is 2.83. The van der Waals surface area contributed by atoms with Crippen LogP contribution in [0.4, 0.5) is 17.6 Å². The highest BCUT2D eigenvalue weighted by molar-refractivity contribution is 5.64. The van der Waals surface area contributed by atoms with Crippen molar-refractivity contribution in [2.24, 2.45) is 0 Å². The molecule has 0 aliphatic heterocycles. The van der Waals surface area contributed by atoms with Gasteiger partial charge in [-0.1, -0.05) is 43.4 Å². The zero-order valence-corrected chi connectivity index (χ0v) is 15.3. The highest BCUT2D eigenvalue weighted by Gasteiger charge is 2.09. The number of unbranched alkanes of at least 4 members (excludes halogenated alkanes) is 1. The SMILES string of the molecule is CCCCc1cc(F)c(C#Cc2ccc(-c3ccc(F)c(F)c3)cc2)c(F)c1. The minimum atomic E-state index is -0.922. The Hall–Kier alpha value is -3.06. The summed E-state index contributed by atoms with van der Waals surface area (Å²) in [5.74, 6) is 2.12. The lowest BCUT2D eigenvalue weighted by Crippen LogP contribution is -1.95. The van der Waals surface area contributed by atoms with Gasteiger partial charge >= 0.3 is 0 Å². The molecule has 0 spiro atoms. The Balaban J connectivity index is 1.82. The molecule has 0 heterocycles. The molecule has 0 bridgehead atoms. The second-order valence-electron chi connectivity index (χ2n) is 6.49. The molecular formula is C24H18F4. The first-order valence-electron chi connectivity index (χ1n) is 9.03. The second-order valence-corrected chi connectivity index (χ2v) is 6.49. The Kier molecular flexibility index (Phi) is 6.16. The van der Waals surface area contributed by atoms with Crippen LogP contribution in [0.15, 0.2) is 54.6 Å². The van der Waals surface area contributed by atoms with Crippen molar-refractivity contribution >= 4 is 0 Å². The van der Waals surface area contributed by atoms with E-state index in [1.54, 1.807) is 24.3 Å². The molecule has 3 rings (SSSR count). The van der Waals surface area contributed by atoms with Crippen molar-refractivity contribution in [3.8, 4) is 23.0 Å². The summed E-state index contributed by atoms with van der Waals surface area (Å²) in [6.45, 7) is 2.02. The Labute approximate surface area is 161 Å². The van der Waals surface area contributed by atoms with Crippen LogP contribution in [0.1, 0.15) is 36.5 Å². The maximum Gasteiger partial charge on any atom is 0.159 e. The van der Waals surface area contributed by atoms with E-state index in [4.69, 9.17) is 0 Å². The average molecular weight is 382 g/mol. The van der Waals surface area contributed by atoms with E-state index in [1.807, 2.05) is 6.92 Å². The van der Waals surface area contributed by atoms with Gasteiger partial charge in [0.25, 0.3) is 0 Å². The Morgan fingerprint density at radius 2 is 1.32 bits per heavy atom. The normalized spacial score (nSPS) is 10.5. The van der Waals surface area contributed by atoms with Crippen molar-refractivity contribution in [3.63, 3.8) is 0 Å². The quantitative estimate of drug-likeness (QED) is 0.350. The molecule has 0 amide bonds. The van der Waals surface area contributed by atoms with E-state index in [0.717, 1.165) is 25.0 Å². The molecule has 0 radical (unpaired) electrons. The summed E-state index contributed by atoms with van der Waals surface area (Å²) in [7, 11) is 0. The molecule has 3 aromatic carbocycles. The van der Waals surface area contributed by atoms with E-state index in [0.29, 0.717) is 28.7 Å². The molecule has 3 aromatic rings. The summed E-state index contributed by atoms with van der Waals surface area (Å²) >= 11 is 0. The van der Waals surface area contributed by atoms with Crippen LogP contribution in [0.5, 0.6) is 0 Å². The molecular weight excluding hydrogens is 364 g/mol. The summed E-state index contributed by atoms with van der Waals surface area (Å²) in [5.41, 5.74) is 2.13. The third-order valence-electron chi connectivity index (χ3n) is 4.39. The van der Waals surface area contributed by atoms with Gasteiger partial charge in [0.1, 0.15) is 11.6 Å². The summed E-state index contributed by atoms with van der Waals surface area (Å²) in [5, 5.41) is 0. The number of rotatable bonds is 4. The zero-order valence-electron chi connectivity index (χ0n) is 15.3. The molecule has 28 heavy (non-hydrogen) atoms. The molecule has 0 atom stereocenters. The molecule has 4 heteroatoms. The standard InChI is InChI=1S/C24H18F4/c1-2-3-4-17-13-22(26)20(23(27)14-17)11-7-16-5-8-18(9-6-16)19-10-12-21(25)24(28)15-19/h5-6,8-10,12-15H,2-4H2,1H3. The minimum absolute atomic E-state index is 0.259. The molecule has 142 valence electrons. The third-order valence-corrected chi connectivity index (χ3v) is 4.39. The number of hydrogen-bond acceptors (Lipinski definition) is 0. The van der Waals surface area contributed by atoms with Crippen LogP contribution < -0.4 is 0 Å². The van der Waals surface area contributed by atoms with Crippen molar-refractivity contribution < 1.29 is 17.6 Å². The van der Waals surface area contributed by atoms with E-state index in [1.165, 1.54) is 18.2 Å². The van der Waals surface area contributed by atoms with Gasteiger partial charge < -0.3 is 0 Å². The predicted molar refractivity (Wildman–Crippen MR) is 103 cm³/mol. The van der Waals surface area contributed by atoms with E-state index in [-0.39, 0.29) is 5.56 Å². The monoisotopic (exact) mass is 382 g/mol. The van der Waals surface area contributed by atoms with Crippen LogP contribution in [0.3, 0.4) is 0 Å². The first kappa shape index (κ1) is 19.7. The van der Waals surface area contributed by atoms with E-state index in [2.05, 4.69) is 11.8 Å². The van der Waals surface area contributed by atoms with Crippen molar-refractivity contribution in [1.82, 2.24) is 0 Å². The van der Waals surface area contributed by atoms with E-state index >= 15 is 0 Å². The minimum Gasteiger partial charge on any atom is -0.206 e. The van der Waals surface area contributed by atoms with Crippen LogP contribution >= 0.6 is 0 Å². The highest BCUT2D eigenvalue weighted by Crippen LogP contribution is 2.22. The summed E-state index contributed by atoms with van der Waals surface area (Å²) in [6.07, 6.45) is 2.45. The maximum absolute atomic E-state index is 14.2. The summed E-state index contributed by atoms with van der Waals surface area (Å²) in [4.78, 5) is 0. The van der Waals surface area contributed by atoms with Crippen molar-refractivity contribution in [3.05, 3.63) is 94.6 Å². The van der Waals surface area contributed by atoms with Crippen LogP contribution in [-0.2, 0) is 6.42 Å². The Morgan fingerprint density at radius 3 is 1.93 bits per heavy atom. The van der Waals surface area contributed by atoms with Gasteiger partial charge in [-0.25, -0.2) is 17.6 Å². The first-order chi connectivity index (χ1) is 13.5. The highest BCUT2D eigenvalue weighted by atomic mass is 19.2. The van der Waals surface area contributed by atoms with Crippen LogP contribution in [-0.4, -0.2) is 0 Å². The smallest absolute Gasteiger partial charge is 0.159 e. The second kappa shape index (κ2) is 8.75. The van der Waals surface area contributed by atoms with Crippen LogP contribution in [0.2, 0.25) is 0 Å². The summed E-state index contributed by atoms with van der Waals surface area (Å²) in [6, 6.07) is 13.0. The molecule has 0 aromatic heterocycles. The van der Waals surface area contributed by atoms with Gasteiger partial charge in [-0.05, 0) is 65.9 Å². The molecule has 0 unspecified atom stereocenters. The topological polar surface area (TPSA) is 0 Å². The Morgan fingerprint density at radius 1 is 0.679 bits per heavy atom. The first-order valence-corrected chi connectivity index (χ1v) is 9.03. The van der Waals surface area contributed by atoms with E-state index in [9.17, 15) is 17.6 Å². The van der Waals surface area contributed by atoms with Crippen molar-refractivity contribution in [2.75, 3.05) is 0 Å². The zero-order chi connectivity index (χ0) is 20.1. The number of hydrogen-bond donors (Lipinski definition) is 0. The van der Waals surface area contributed by atoms with Gasteiger partial charge in [0.2, 0.25) is 0 Å². The maximum atomic E-state index is 14.2. The fraction of sp³-hybridized carbons (Fsp3) is 0.167. The number of halogens is 4. The molecule has 0 fully saturated rings. The van der Waals surface area contributed by atoms with Crippen LogP contribution in [0.25, 0.3) is 11.1 Å². The lowest BCUT2D eigenvalue weighted by Gasteiger charge is -2.04. The lowest BCUT2D eigenvalue weighted by atomic mass is 10.0. The molecule has 0 saturated carbocycles. The van der Waals surface area contributed by atoms with Crippen molar-refractivity contribution in [1.29, 1.82) is 0 Å². The predicted octanol–water partition coefficient (Wildman–Crippen LogP) is 6.65. The van der Waals surface area contributed by atoms with Crippen molar-refractivity contribution in [2.45, 2.75) is 26.2 Å². The largest absolute Gasteiger partial charge is 0.206 e. The van der Waals surface area contributed by atoms with Gasteiger partial charge in [-0.3, -0.25) is 0 Å². The van der Waals surface area contributed by atoms with Gasteiger partial charge in [0, 0.05) is 5.56 Å². The van der Waals surface area contributed by atoms with Gasteiger partial charge in [-0.2, -0.15) is 0 Å². The average Bonchev–Trinajstić information content (AvgIpc) is 2.68. The lowest BCUT2D eigenvalue weighted by molar-refractivity contribution is 0.509. The number of benzene rings is 3. The molecule has 0 nitrogen and oxygen atoms in total. The molecule has 0 N–H and O–H groups in total. The number of aryl methyl sites for hydroxylation is 1. The van der Waals surface area contributed by atoms with Gasteiger partial charge in [0.15, 0.2) is 11.6 Å².